The van der Waals surface area contributed by atoms with E-state index in [1.54, 1.807) is 28.5 Å². The Bertz CT molecular complexity index is 1230. The van der Waals surface area contributed by atoms with Crippen molar-refractivity contribution in [1.29, 1.82) is 0 Å². The molecule has 1 unspecified atom stereocenters. The van der Waals surface area contributed by atoms with E-state index < -0.39 is 6.04 Å². The molecule has 3 heterocycles. The minimum Gasteiger partial charge on any atom is -0.353 e. The molecule has 0 bridgehead atoms. The molecule has 31 heavy (non-hydrogen) atoms. The molecule has 1 fully saturated rings. The maximum atomic E-state index is 13.5. The molecule has 1 atom stereocenters. The number of hydrogen-bond donors (Lipinski definition) is 1. The van der Waals surface area contributed by atoms with E-state index in [2.05, 4.69) is 33.9 Å². The second kappa shape index (κ2) is 8.32. The number of fused-ring (bicyclic) bond motifs is 1. The van der Waals surface area contributed by atoms with Crippen LogP contribution in [0.15, 0.2) is 78.3 Å². The van der Waals surface area contributed by atoms with Gasteiger partial charge in [0, 0.05) is 36.0 Å². The van der Waals surface area contributed by atoms with Crippen LogP contribution in [0.1, 0.15) is 15.9 Å². The summed E-state index contributed by atoms with van der Waals surface area (Å²) in [7, 11) is 0. The first-order chi connectivity index (χ1) is 15.2. The fourth-order valence-corrected chi connectivity index (χ4v) is 4.80. The fraction of sp³-hybridized carbons (Fsp3) is 0.160. The Morgan fingerprint density at radius 2 is 1.90 bits per heavy atom. The molecular formula is C25H21N3O2S. The molecule has 2 aromatic heterocycles. The largest absolute Gasteiger partial charge is 0.353 e. The van der Waals surface area contributed by atoms with Gasteiger partial charge in [0.2, 0.25) is 5.91 Å². The number of carbonyl (C=O) groups excluding carboxylic acids is 2. The van der Waals surface area contributed by atoms with Gasteiger partial charge in [-0.15, -0.1) is 11.3 Å². The summed E-state index contributed by atoms with van der Waals surface area (Å²) in [5, 5.41) is 5.88. The summed E-state index contributed by atoms with van der Waals surface area (Å²) < 4.78 is 0. The smallest absolute Gasteiger partial charge is 0.256 e. The quantitative estimate of drug-likeness (QED) is 0.532. The van der Waals surface area contributed by atoms with Gasteiger partial charge in [-0.05, 0) is 34.7 Å². The highest BCUT2D eigenvalue weighted by molar-refractivity contribution is 7.13. The van der Waals surface area contributed by atoms with Gasteiger partial charge in [0.1, 0.15) is 6.04 Å². The number of aromatic nitrogens is 1. The van der Waals surface area contributed by atoms with E-state index in [0.29, 0.717) is 30.6 Å². The Balaban J connectivity index is 1.42. The number of nitrogens with one attached hydrogen (secondary N) is 1. The van der Waals surface area contributed by atoms with Crippen molar-refractivity contribution in [1.82, 2.24) is 15.2 Å². The number of benzene rings is 2. The van der Waals surface area contributed by atoms with Crippen LogP contribution in [0.5, 0.6) is 0 Å². The zero-order valence-electron chi connectivity index (χ0n) is 16.8. The van der Waals surface area contributed by atoms with Gasteiger partial charge < -0.3 is 10.2 Å². The number of nitrogens with zero attached hydrogens (tertiary/aromatic N) is 2. The number of pyridine rings is 1. The molecule has 6 heteroatoms. The third-order valence-corrected chi connectivity index (χ3v) is 6.56. The van der Waals surface area contributed by atoms with Crippen LogP contribution in [-0.2, 0) is 11.2 Å². The van der Waals surface area contributed by atoms with Crippen LogP contribution >= 0.6 is 11.3 Å². The Labute approximate surface area is 184 Å². The Kier molecular flexibility index (Phi) is 5.22. The molecule has 2 amide bonds. The van der Waals surface area contributed by atoms with Crippen molar-refractivity contribution in [2.45, 2.75) is 12.5 Å². The molecule has 1 aliphatic heterocycles. The van der Waals surface area contributed by atoms with E-state index in [0.717, 1.165) is 16.5 Å². The molecule has 0 spiro atoms. The lowest BCUT2D eigenvalue weighted by Gasteiger charge is -2.35. The second-order valence-corrected chi connectivity index (χ2v) is 8.51. The van der Waals surface area contributed by atoms with E-state index in [-0.39, 0.29) is 11.8 Å². The van der Waals surface area contributed by atoms with Gasteiger partial charge >= 0.3 is 0 Å². The molecule has 1 aliphatic rings. The van der Waals surface area contributed by atoms with Crippen LogP contribution < -0.4 is 5.32 Å². The van der Waals surface area contributed by atoms with Gasteiger partial charge in [0.05, 0.1) is 11.1 Å². The van der Waals surface area contributed by atoms with Crippen molar-refractivity contribution >= 4 is 34.1 Å². The van der Waals surface area contributed by atoms with Gasteiger partial charge in [0.25, 0.3) is 5.91 Å². The number of thiophene rings is 1. The monoisotopic (exact) mass is 427 g/mol. The number of rotatable bonds is 4. The molecule has 5 nitrogen and oxygen atoms in total. The molecule has 4 aromatic rings. The third kappa shape index (κ3) is 3.82. The SMILES string of the molecule is O=C1NCCN(C(=O)c2cccc3cccnc23)C1Cc1ccc(-c2cccs2)cc1. The van der Waals surface area contributed by atoms with Crippen LogP contribution in [0.4, 0.5) is 0 Å². The molecule has 5 rings (SSSR count). The molecule has 1 N–H and O–H groups in total. The number of hydrogen-bond acceptors (Lipinski definition) is 4. The second-order valence-electron chi connectivity index (χ2n) is 7.56. The maximum absolute atomic E-state index is 13.5. The molecule has 1 saturated heterocycles. The van der Waals surface area contributed by atoms with Crippen LogP contribution in [0.2, 0.25) is 0 Å². The molecule has 0 radical (unpaired) electrons. The molecule has 0 aliphatic carbocycles. The highest BCUT2D eigenvalue weighted by Crippen LogP contribution is 2.26. The summed E-state index contributed by atoms with van der Waals surface area (Å²) in [4.78, 5) is 33.5. The van der Waals surface area contributed by atoms with Crippen molar-refractivity contribution < 1.29 is 9.59 Å². The molecule has 2 aromatic carbocycles. The number of carbonyl (C=O) groups is 2. The number of piperazine rings is 1. The minimum atomic E-state index is -0.548. The lowest BCUT2D eigenvalue weighted by molar-refractivity contribution is -0.127. The summed E-state index contributed by atoms with van der Waals surface area (Å²) >= 11 is 1.70. The van der Waals surface area contributed by atoms with Crippen LogP contribution in [0, 0.1) is 0 Å². The first-order valence-corrected chi connectivity index (χ1v) is 11.1. The van der Waals surface area contributed by atoms with Crippen molar-refractivity contribution in [3.8, 4) is 10.4 Å². The fourth-order valence-electron chi connectivity index (χ4n) is 4.06. The van der Waals surface area contributed by atoms with E-state index in [9.17, 15) is 9.59 Å². The predicted octanol–water partition coefficient (Wildman–Crippen LogP) is 4.15. The summed E-state index contributed by atoms with van der Waals surface area (Å²) in [6.07, 6.45) is 2.16. The van der Waals surface area contributed by atoms with Gasteiger partial charge in [-0.1, -0.05) is 48.5 Å². The molecule has 154 valence electrons. The van der Waals surface area contributed by atoms with E-state index in [1.807, 2.05) is 42.5 Å². The van der Waals surface area contributed by atoms with Crippen LogP contribution in [0.3, 0.4) is 0 Å². The first-order valence-electron chi connectivity index (χ1n) is 10.3. The summed E-state index contributed by atoms with van der Waals surface area (Å²) in [5.41, 5.74) is 3.38. The normalized spacial score (nSPS) is 16.3. The zero-order valence-corrected chi connectivity index (χ0v) is 17.6. The predicted molar refractivity (Wildman–Crippen MR) is 123 cm³/mol. The Hall–Kier alpha value is -3.51. The van der Waals surface area contributed by atoms with Crippen molar-refractivity contribution in [3.63, 3.8) is 0 Å². The first kappa shape index (κ1) is 19.5. The van der Waals surface area contributed by atoms with Gasteiger partial charge in [-0.3, -0.25) is 14.6 Å². The van der Waals surface area contributed by atoms with Crippen LogP contribution in [-0.4, -0.2) is 40.8 Å². The zero-order chi connectivity index (χ0) is 21.2. The Morgan fingerprint density at radius 1 is 1.06 bits per heavy atom. The molecule has 0 saturated carbocycles. The maximum Gasteiger partial charge on any atom is 0.256 e. The highest BCUT2D eigenvalue weighted by atomic mass is 32.1. The average Bonchev–Trinajstić information content (AvgIpc) is 3.35. The van der Waals surface area contributed by atoms with Gasteiger partial charge in [0.15, 0.2) is 0 Å². The topological polar surface area (TPSA) is 62.3 Å². The lowest BCUT2D eigenvalue weighted by Crippen LogP contribution is -2.58. The summed E-state index contributed by atoms with van der Waals surface area (Å²) in [6.45, 7) is 0.933. The van der Waals surface area contributed by atoms with E-state index in [1.165, 1.54) is 4.88 Å². The van der Waals surface area contributed by atoms with Gasteiger partial charge in [-0.25, -0.2) is 0 Å². The average molecular weight is 428 g/mol. The lowest BCUT2D eigenvalue weighted by atomic mass is 9.99. The summed E-state index contributed by atoms with van der Waals surface area (Å²) in [6, 6.07) is 21.2. The van der Waals surface area contributed by atoms with E-state index in [4.69, 9.17) is 0 Å². The number of para-hydroxylation sites is 1. The standard InChI is InChI=1S/C25H21N3O2S/c29-24-21(16-17-8-10-18(11-9-17)22-7-3-15-31-22)28(14-13-27-24)25(30)20-6-1-4-19-5-2-12-26-23(19)20/h1-12,15,21H,13-14,16H2,(H,27,29). The number of amides is 2. The van der Waals surface area contributed by atoms with Gasteiger partial charge in [-0.2, -0.15) is 0 Å². The van der Waals surface area contributed by atoms with Crippen molar-refractivity contribution in [2.24, 2.45) is 0 Å². The van der Waals surface area contributed by atoms with E-state index >= 15 is 0 Å². The molecular weight excluding hydrogens is 406 g/mol. The summed E-state index contributed by atoms with van der Waals surface area (Å²) in [5.74, 6) is -0.269. The highest BCUT2D eigenvalue weighted by Gasteiger charge is 2.34. The van der Waals surface area contributed by atoms with Crippen LogP contribution in [0.25, 0.3) is 21.3 Å². The van der Waals surface area contributed by atoms with Crippen molar-refractivity contribution in [2.75, 3.05) is 13.1 Å². The Morgan fingerprint density at radius 3 is 2.71 bits per heavy atom. The third-order valence-electron chi connectivity index (χ3n) is 5.64. The minimum absolute atomic E-state index is 0.116. The van der Waals surface area contributed by atoms with Crippen molar-refractivity contribution in [3.05, 3.63) is 89.4 Å².